The summed E-state index contributed by atoms with van der Waals surface area (Å²) in [6, 6.07) is -0.0234. The molecule has 6 heteroatoms. The van der Waals surface area contributed by atoms with Gasteiger partial charge in [0.05, 0.1) is 12.6 Å². The predicted octanol–water partition coefficient (Wildman–Crippen LogP) is 2.27. The van der Waals surface area contributed by atoms with Crippen molar-refractivity contribution in [3.8, 4) is 0 Å². The van der Waals surface area contributed by atoms with Crippen LogP contribution in [0.15, 0.2) is 23.8 Å². The van der Waals surface area contributed by atoms with Gasteiger partial charge in [0.15, 0.2) is 0 Å². The number of halogens is 2. The quantitative estimate of drug-likeness (QED) is 0.803. The number of ether oxygens (including phenoxy) is 1. The Kier molecular flexibility index (Phi) is 6.11. The van der Waals surface area contributed by atoms with Gasteiger partial charge < -0.3 is 15.0 Å². The molecule has 118 valence electrons. The van der Waals surface area contributed by atoms with Crippen LogP contribution in [0.2, 0.25) is 0 Å². The maximum atomic E-state index is 12.6. The van der Waals surface area contributed by atoms with Gasteiger partial charge in [0, 0.05) is 26.1 Å². The molecule has 2 atom stereocenters. The molecular formula is C15H22Cl2N2O2. The standard InChI is InChI=1S/C15H22Cl2N2O2/c1-3-11-4-6-19(10(2)12(11)8-14(16)17)15(20)13-9-18-5-7-21-13/h3,10,13-14,18H,1,4-9H2,2H3/t10?,13-/m0/s1. The molecule has 0 aromatic rings. The summed E-state index contributed by atoms with van der Waals surface area (Å²) in [4.78, 5) is 14.0. The van der Waals surface area contributed by atoms with E-state index >= 15 is 0 Å². The Hall–Kier alpha value is -0.550. The van der Waals surface area contributed by atoms with E-state index in [2.05, 4.69) is 11.9 Å². The fraction of sp³-hybridized carbons (Fsp3) is 0.667. The highest BCUT2D eigenvalue weighted by atomic mass is 35.5. The van der Waals surface area contributed by atoms with E-state index in [1.54, 1.807) is 0 Å². The second kappa shape index (κ2) is 7.63. The molecule has 1 amide bonds. The molecule has 1 fully saturated rings. The Morgan fingerprint density at radius 2 is 2.38 bits per heavy atom. The number of allylic oxidation sites excluding steroid dienone is 1. The predicted molar refractivity (Wildman–Crippen MR) is 85.7 cm³/mol. The van der Waals surface area contributed by atoms with Gasteiger partial charge in [0.1, 0.15) is 10.9 Å². The Morgan fingerprint density at radius 3 is 2.95 bits per heavy atom. The van der Waals surface area contributed by atoms with Crippen LogP contribution >= 0.6 is 23.2 Å². The van der Waals surface area contributed by atoms with Crippen molar-refractivity contribution < 1.29 is 9.53 Å². The lowest BCUT2D eigenvalue weighted by atomic mass is 9.91. The summed E-state index contributed by atoms with van der Waals surface area (Å²) < 4.78 is 5.57. The first-order chi connectivity index (χ1) is 10.0. The van der Waals surface area contributed by atoms with E-state index in [0.29, 0.717) is 26.1 Å². The van der Waals surface area contributed by atoms with Crippen molar-refractivity contribution in [1.29, 1.82) is 0 Å². The van der Waals surface area contributed by atoms with Crippen molar-refractivity contribution in [1.82, 2.24) is 10.2 Å². The van der Waals surface area contributed by atoms with Crippen molar-refractivity contribution in [2.75, 3.05) is 26.2 Å². The highest BCUT2D eigenvalue weighted by Gasteiger charge is 2.34. The van der Waals surface area contributed by atoms with E-state index in [4.69, 9.17) is 27.9 Å². The van der Waals surface area contributed by atoms with Gasteiger partial charge >= 0.3 is 0 Å². The number of rotatable bonds is 4. The Balaban J connectivity index is 2.13. The van der Waals surface area contributed by atoms with Crippen LogP contribution in [-0.2, 0) is 9.53 Å². The third-order valence-corrected chi connectivity index (χ3v) is 4.42. The fourth-order valence-corrected chi connectivity index (χ4v) is 3.30. The zero-order valence-electron chi connectivity index (χ0n) is 12.3. The third-order valence-electron chi connectivity index (χ3n) is 4.11. The van der Waals surface area contributed by atoms with E-state index in [1.807, 2.05) is 17.9 Å². The number of morpholine rings is 1. The molecule has 0 aromatic heterocycles. The molecule has 1 unspecified atom stereocenters. The van der Waals surface area contributed by atoms with E-state index in [1.165, 1.54) is 0 Å². The smallest absolute Gasteiger partial charge is 0.253 e. The number of alkyl halides is 2. The second-order valence-electron chi connectivity index (χ2n) is 5.37. The molecule has 4 nitrogen and oxygen atoms in total. The number of carbonyl (C=O) groups is 1. The molecule has 0 aromatic carbocycles. The summed E-state index contributed by atoms with van der Waals surface area (Å²) >= 11 is 11.9. The van der Waals surface area contributed by atoms with Crippen LogP contribution in [0.3, 0.4) is 0 Å². The van der Waals surface area contributed by atoms with Gasteiger partial charge in [-0.1, -0.05) is 12.7 Å². The topological polar surface area (TPSA) is 41.6 Å². The Labute approximate surface area is 136 Å². The SMILES string of the molecule is C=CC1=C(CC(Cl)Cl)C(C)N(C(=O)[C@@H]2CNCCO2)CC1. The van der Waals surface area contributed by atoms with Crippen LogP contribution in [-0.4, -0.2) is 54.0 Å². The highest BCUT2D eigenvalue weighted by Crippen LogP contribution is 2.30. The number of carbonyl (C=O) groups excluding carboxylic acids is 1. The minimum Gasteiger partial charge on any atom is -0.366 e. The van der Waals surface area contributed by atoms with Gasteiger partial charge in [-0.05, 0) is 24.5 Å². The lowest BCUT2D eigenvalue weighted by Gasteiger charge is -2.39. The van der Waals surface area contributed by atoms with Crippen molar-refractivity contribution in [2.24, 2.45) is 0 Å². The molecule has 2 aliphatic rings. The van der Waals surface area contributed by atoms with Crippen molar-refractivity contribution in [2.45, 2.75) is 36.7 Å². The normalized spacial score (nSPS) is 27.1. The van der Waals surface area contributed by atoms with Crippen molar-refractivity contribution in [3.63, 3.8) is 0 Å². The molecule has 1 N–H and O–H groups in total. The van der Waals surface area contributed by atoms with Crippen LogP contribution < -0.4 is 5.32 Å². The van der Waals surface area contributed by atoms with Gasteiger partial charge in [0.2, 0.25) is 0 Å². The van der Waals surface area contributed by atoms with Crippen LogP contribution in [0.5, 0.6) is 0 Å². The van der Waals surface area contributed by atoms with E-state index in [9.17, 15) is 4.79 Å². The van der Waals surface area contributed by atoms with Gasteiger partial charge in [-0.25, -0.2) is 0 Å². The minimum absolute atomic E-state index is 0.0234. The number of hydrogen-bond acceptors (Lipinski definition) is 3. The summed E-state index contributed by atoms with van der Waals surface area (Å²) in [5, 5.41) is 3.19. The van der Waals surface area contributed by atoms with E-state index in [0.717, 1.165) is 24.1 Å². The first-order valence-corrected chi connectivity index (χ1v) is 8.17. The van der Waals surface area contributed by atoms with Crippen LogP contribution in [0.4, 0.5) is 0 Å². The van der Waals surface area contributed by atoms with Gasteiger partial charge in [-0.15, -0.1) is 23.2 Å². The molecule has 1 saturated heterocycles. The lowest BCUT2D eigenvalue weighted by Crippen LogP contribution is -2.53. The number of hydrogen-bond donors (Lipinski definition) is 1. The fourth-order valence-electron chi connectivity index (χ4n) is 2.96. The first-order valence-electron chi connectivity index (χ1n) is 7.30. The molecule has 2 aliphatic heterocycles. The summed E-state index contributed by atoms with van der Waals surface area (Å²) in [5.74, 6) is 0.0380. The lowest BCUT2D eigenvalue weighted by molar-refractivity contribution is -0.147. The molecule has 0 spiro atoms. The largest absolute Gasteiger partial charge is 0.366 e. The molecule has 21 heavy (non-hydrogen) atoms. The van der Waals surface area contributed by atoms with Gasteiger partial charge in [0.25, 0.3) is 5.91 Å². The molecule has 0 saturated carbocycles. The second-order valence-corrected chi connectivity index (χ2v) is 6.65. The average Bonchev–Trinajstić information content (AvgIpc) is 2.49. The number of nitrogens with one attached hydrogen (secondary N) is 1. The average molecular weight is 333 g/mol. The van der Waals surface area contributed by atoms with Crippen LogP contribution in [0.1, 0.15) is 19.8 Å². The van der Waals surface area contributed by atoms with Crippen LogP contribution in [0, 0.1) is 0 Å². The molecule has 2 rings (SSSR count). The zero-order valence-corrected chi connectivity index (χ0v) is 13.8. The molecule has 0 radical (unpaired) electrons. The molecule has 2 heterocycles. The third kappa shape index (κ3) is 4.01. The first kappa shape index (κ1) is 16.8. The highest BCUT2D eigenvalue weighted by molar-refractivity contribution is 6.44. The van der Waals surface area contributed by atoms with E-state index < -0.39 is 10.9 Å². The summed E-state index contributed by atoms with van der Waals surface area (Å²) in [5.41, 5.74) is 2.25. The minimum atomic E-state index is -0.472. The molecule has 0 aliphatic carbocycles. The Morgan fingerprint density at radius 1 is 1.62 bits per heavy atom. The summed E-state index contributed by atoms with van der Waals surface area (Å²) in [6.45, 7) is 8.49. The zero-order chi connectivity index (χ0) is 15.4. The maximum Gasteiger partial charge on any atom is 0.253 e. The van der Waals surface area contributed by atoms with Gasteiger partial charge in [-0.3, -0.25) is 4.79 Å². The monoisotopic (exact) mass is 332 g/mol. The number of amides is 1. The maximum absolute atomic E-state index is 12.6. The van der Waals surface area contributed by atoms with Gasteiger partial charge in [-0.2, -0.15) is 0 Å². The van der Waals surface area contributed by atoms with Crippen molar-refractivity contribution in [3.05, 3.63) is 23.8 Å². The Bertz CT molecular complexity index is 431. The molecule has 0 bridgehead atoms. The summed E-state index contributed by atoms with van der Waals surface area (Å²) in [6.07, 6.45) is 2.80. The van der Waals surface area contributed by atoms with Crippen LogP contribution in [0.25, 0.3) is 0 Å². The molecular weight excluding hydrogens is 311 g/mol. The van der Waals surface area contributed by atoms with E-state index in [-0.39, 0.29) is 11.9 Å². The summed E-state index contributed by atoms with van der Waals surface area (Å²) in [7, 11) is 0. The number of nitrogens with zero attached hydrogens (tertiary/aromatic N) is 1. The van der Waals surface area contributed by atoms with Crippen molar-refractivity contribution >= 4 is 29.1 Å².